The molecule has 0 fully saturated rings. The van der Waals surface area contributed by atoms with E-state index in [1.54, 1.807) is 27.7 Å². The first-order valence-corrected chi connectivity index (χ1v) is 5.84. The van der Waals surface area contributed by atoms with Gasteiger partial charge >= 0.3 is 6.09 Å². The summed E-state index contributed by atoms with van der Waals surface area (Å²) in [6, 6.07) is 0. The van der Waals surface area contributed by atoms with Gasteiger partial charge in [-0.3, -0.25) is 0 Å². The second kappa shape index (κ2) is 5.46. The van der Waals surface area contributed by atoms with Crippen LogP contribution in [-0.2, 0) is 15.8 Å². The Hall–Kier alpha value is -0.620. The van der Waals surface area contributed by atoms with Crippen molar-refractivity contribution in [1.82, 2.24) is 4.90 Å². The van der Waals surface area contributed by atoms with Crippen LogP contribution in [0.3, 0.4) is 0 Å². The molecule has 2 atom stereocenters. The lowest BCUT2D eigenvalue weighted by Gasteiger charge is -2.25. The Morgan fingerprint density at radius 3 is 2.33 bits per heavy atom. The number of nitrogens with zero attached hydrogens (tertiary/aromatic N) is 1. The lowest BCUT2D eigenvalue weighted by molar-refractivity contribution is 0.0300. The van der Waals surface area contributed by atoms with Gasteiger partial charge in [0, 0.05) is 13.6 Å². The fourth-order valence-corrected chi connectivity index (χ4v) is 1.21. The van der Waals surface area contributed by atoms with Crippen LogP contribution in [0.4, 0.5) is 4.79 Å². The molecule has 0 aromatic heterocycles. The van der Waals surface area contributed by atoms with E-state index in [1.165, 1.54) is 11.9 Å². The lowest BCUT2D eigenvalue weighted by atomic mass is 10.2. The first-order chi connectivity index (χ1) is 6.63. The monoisotopic (exact) mass is 237 g/mol. The average molecular weight is 237 g/mol. The van der Waals surface area contributed by atoms with Gasteiger partial charge in [0.25, 0.3) is 0 Å². The lowest BCUT2D eigenvalue weighted by Crippen LogP contribution is -2.38. The van der Waals surface area contributed by atoms with Gasteiger partial charge in [-0.05, 0) is 27.7 Å². The van der Waals surface area contributed by atoms with Crippen LogP contribution in [0.1, 0.15) is 27.7 Å². The number of hydrogen-bond donors (Lipinski definition) is 1. The Kier molecular flexibility index (Phi) is 5.23. The normalized spacial score (nSPS) is 15.6. The molecule has 90 valence electrons. The topological polar surface area (TPSA) is 66.8 Å². The molecule has 0 aromatic rings. The van der Waals surface area contributed by atoms with Crippen LogP contribution in [0.2, 0.25) is 0 Å². The van der Waals surface area contributed by atoms with Crippen molar-refractivity contribution in [2.24, 2.45) is 0 Å². The Bertz CT molecular complexity index is 249. The molecule has 15 heavy (non-hydrogen) atoms. The van der Waals surface area contributed by atoms with E-state index in [1.807, 2.05) is 0 Å². The number of hydrogen-bond acceptors (Lipinski definition) is 3. The molecule has 0 aliphatic carbocycles. The van der Waals surface area contributed by atoms with E-state index in [0.29, 0.717) is 0 Å². The molecule has 0 saturated carbocycles. The van der Waals surface area contributed by atoms with Gasteiger partial charge in [-0.1, -0.05) is 0 Å². The summed E-state index contributed by atoms with van der Waals surface area (Å²) in [6.07, 6.45) is -0.486. The zero-order valence-electron chi connectivity index (χ0n) is 9.81. The molecule has 0 saturated heterocycles. The third-order valence-corrected chi connectivity index (χ3v) is 2.42. The largest absolute Gasteiger partial charge is 0.444 e. The van der Waals surface area contributed by atoms with Crippen molar-refractivity contribution in [3.63, 3.8) is 0 Å². The summed E-state index contributed by atoms with van der Waals surface area (Å²) >= 11 is -1.92. The number of carbonyl (C=O) groups excluding carboxylic acids is 1. The molecule has 0 bridgehead atoms. The SMILES string of the molecule is CC(CN(C)C(=O)OC(C)(C)C)S(=O)O. The summed E-state index contributed by atoms with van der Waals surface area (Å²) < 4.78 is 24.5. The van der Waals surface area contributed by atoms with E-state index in [-0.39, 0.29) is 6.54 Å². The van der Waals surface area contributed by atoms with Crippen LogP contribution >= 0.6 is 0 Å². The van der Waals surface area contributed by atoms with Crippen molar-refractivity contribution in [3.8, 4) is 0 Å². The van der Waals surface area contributed by atoms with Gasteiger partial charge in [0.2, 0.25) is 0 Å². The van der Waals surface area contributed by atoms with Crippen LogP contribution in [0.25, 0.3) is 0 Å². The van der Waals surface area contributed by atoms with Crippen molar-refractivity contribution >= 4 is 17.2 Å². The van der Waals surface area contributed by atoms with E-state index >= 15 is 0 Å². The van der Waals surface area contributed by atoms with Crippen LogP contribution in [0.15, 0.2) is 0 Å². The Balaban J connectivity index is 4.17. The van der Waals surface area contributed by atoms with Crippen LogP contribution in [-0.4, -0.2) is 44.2 Å². The number of amides is 1. The molecular formula is C9H19NO4S. The predicted molar refractivity (Wildman–Crippen MR) is 59.1 cm³/mol. The van der Waals surface area contributed by atoms with Crippen LogP contribution in [0, 0.1) is 0 Å². The first-order valence-electron chi connectivity index (χ1n) is 4.67. The van der Waals surface area contributed by atoms with Crippen LogP contribution in [0.5, 0.6) is 0 Å². The molecular weight excluding hydrogens is 218 g/mol. The highest BCUT2D eigenvalue weighted by molar-refractivity contribution is 7.79. The minimum atomic E-state index is -1.92. The first kappa shape index (κ1) is 14.4. The molecule has 0 aliphatic rings. The Labute approximate surface area is 93.1 Å². The Morgan fingerprint density at radius 1 is 1.53 bits per heavy atom. The van der Waals surface area contributed by atoms with Gasteiger partial charge in [-0.25, -0.2) is 9.00 Å². The van der Waals surface area contributed by atoms with Gasteiger partial charge < -0.3 is 14.2 Å². The summed E-state index contributed by atoms with van der Waals surface area (Å²) in [4.78, 5) is 12.7. The highest BCUT2D eigenvalue weighted by Crippen LogP contribution is 2.09. The van der Waals surface area contributed by atoms with E-state index < -0.39 is 28.0 Å². The van der Waals surface area contributed by atoms with Crippen molar-refractivity contribution in [2.75, 3.05) is 13.6 Å². The van der Waals surface area contributed by atoms with Crippen molar-refractivity contribution in [3.05, 3.63) is 0 Å². The van der Waals surface area contributed by atoms with E-state index in [4.69, 9.17) is 9.29 Å². The third kappa shape index (κ3) is 6.46. The zero-order chi connectivity index (χ0) is 12.2. The molecule has 0 spiro atoms. The second-order valence-corrected chi connectivity index (χ2v) is 5.80. The molecule has 0 radical (unpaired) electrons. The number of rotatable bonds is 3. The summed E-state index contributed by atoms with van der Waals surface area (Å²) in [5.41, 5.74) is -0.549. The van der Waals surface area contributed by atoms with Gasteiger partial charge in [0.15, 0.2) is 11.1 Å². The average Bonchev–Trinajstić information content (AvgIpc) is 2.00. The molecule has 0 aliphatic heterocycles. The van der Waals surface area contributed by atoms with Gasteiger partial charge in [-0.15, -0.1) is 0 Å². The molecule has 0 rings (SSSR count). The van der Waals surface area contributed by atoms with Crippen molar-refractivity contribution < 1.29 is 18.3 Å². The van der Waals surface area contributed by atoms with Gasteiger partial charge in [0.1, 0.15) is 5.60 Å². The maximum Gasteiger partial charge on any atom is 0.410 e. The highest BCUT2D eigenvalue weighted by Gasteiger charge is 2.21. The van der Waals surface area contributed by atoms with E-state index in [0.717, 1.165) is 0 Å². The molecule has 6 heteroatoms. The van der Waals surface area contributed by atoms with E-state index in [9.17, 15) is 9.00 Å². The Morgan fingerprint density at radius 2 is 2.00 bits per heavy atom. The summed E-state index contributed by atoms with van der Waals surface area (Å²) in [6.45, 7) is 7.10. The molecule has 5 nitrogen and oxygen atoms in total. The number of ether oxygens (including phenoxy) is 1. The minimum Gasteiger partial charge on any atom is -0.444 e. The van der Waals surface area contributed by atoms with Crippen molar-refractivity contribution in [1.29, 1.82) is 0 Å². The third-order valence-electron chi connectivity index (χ3n) is 1.58. The molecule has 2 unspecified atom stereocenters. The van der Waals surface area contributed by atoms with Gasteiger partial charge in [-0.2, -0.15) is 0 Å². The second-order valence-electron chi connectivity index (χ2n) is 4.45. The quantitative estimate of drug-likeness (QED) is 0.755. The smallest absolute Gasteiger partial charge is 0.410 e. The predicted octanol–water partition coefficient (Wildman–Crippen LogP) is 1.46. The van der Waals surface area contributed by atoms with Crippen molar-refractivity contribution in [2.45, 2.75) is 38.5 Å². The fourth-order valence-electron chi connectivity index (χ4n) is 0.864. The van der Waals surface area contributed by atoms with E-state index in [2.05, 4.69) is 0 Å². The molecule has 0 aromatic carbocycles. The molecule has 1 amide bonds. The minimum absolute atomic E-state index is 0.192. The molecule has 1 N–H and O–H groups in total. The van der Waals surface area contributed by atoms with Crippen LogP contribution < -0.4 is 0 Å². The standard InChI is InChI=1S/C9H19NO4S/c1-7(15(12)13)6-10(5)8(11)14-9(2,3)4/h7H,6H2,1-5H3,(H,12,13). The molecule has 0 heterocycles. The summed E-state index contributed by atoms with van der Waals surface area (Å²) in [5, 5.41) is -0.484. The maximum absolute atomic E-state index is 11.4. The summed E-state index contributed by atoms with van der Waals surface area (Å²) in [5.74, 6) is 0. The summed E-state index contributed by atoms with van der Waals surface area (Å²) in [7, 11) is 1.54. The fraction of sp³-hybridized carbons (Fsp3) is 0.889. The zero-order valence-corrected chi connectivity index (χ0v) is 10.6. The highest BCUT2D eigenvalue weighted by atomic mass is 32.2. The number of carbonyl (C=O) groups is 1. The van der Waals surface area contributed by atoms with Gasteiger partial charge in [0.05, 0.1) is 5.25 Å². The maximum atomic E-state index is 11.4.